The smallest absolute Gasteiger partial charge is 0.336 e. The van der Waals surface area contributed by atoms with E-state index >= 15 is 0 Å². The molecule has 3 amide bonds. The summed E-state index contributed by atoms with van der Waals surface area (Å²) in [5.74, 6) is -2.27. The number of halogens is 2. The topological polar surface area (TPSA) is 43.9 Å². The van der Waals surface area contributed by atoms with E-state index in [1.54, 1.807) is 18.1 Å². The van der Waals surface area contributed by atoms with Crippen LogP contribution in [0, 0.1) is 11.6 Å². The first kappa shape index (κ1) is 18.6. The van der Waals surface area contributed by atoms with E-state index in [4.69, 9.17) is 0 Å². The molecular formula is C20H19F2N3O2. The molecule has 27 heavy (non-hydrogen) atoms. The summed E-state index contributed by atoms with van der Waals surface area (Å²) in [6.07, 6.45) is 2.30. The Morgan fingerprint density at radius 1 is 1.07 bits per heavy atom. The van der Waals surface area contributed by atoms with Crippen LogP contribution < -0.4 is 4.90 Å². The zero-order valence-corrected chi connectivity index (χ0v) is 15.0. The lowest BCUT2D eigenvalue weighted by atomic mass is 10.1. The number of nitrogens with zero attached hydrogens (tertiary/aromatic N) is 3. The number of rotatable bonds is 5. The lowest BCUT2D eigenvalue weighted by molar-refractivity contribution is -0.114. The molecule has 5 nitrogen and oxygen atoms in total. The Kier molecular flexibility index (Phi) is 5.21. The third-order valence-electron chi connectivity index (χ3n) is 4.35. The maximum atomic E-state index is 14.0. The predicted molar refractivity (Wildman–Crippen MR) is 97.9 cm³/mol. The molecule has 0 bridgehead atoms. The second kappa shape index (κ2) is 7.57. The molecule has 1 heterocycles. The minimum Gasteiger partial charge on any atom is -0.378 e. The minimum atomic E-state index is -0.842. The van der Waals surface area contributed by atoms with E-state index in [0.717, 1.165) is 35.1 Å². The summed E-state index contributed by atoms with van der Waals surface area (Å²) < 4.78 is 27.5. The molecule has 0 spiro atoms. The van der Waals surface area contributed by atoms with Gasteiger partial charge in [0.2, 0.25) is 0 Å². The molecule has 1 fully saturated rings. The van der Waals surface area contributed by atoms with Gasteiger partial charge in [0.25, 0.3) is 5.91 Å². The van der Waals surface area contributed by atoms with Crippen LogP contribution in [0.25, 0.3) is 0 Å². The molecule has 1 aliphatic rings. The Bertz CT molecular complexity index is 899. The molecule has 1 aliphatic heterocycles. The first-order valence-corrected chi connectivity index (χ1v) is 8.41. The Labute approximate surface area is 156 Å². The maximum absolute atomic E-state index is 14.0. The Balaban J connectivity index is 1.80. The maximum Gasteiger partial charge on any atom is 0.336 e. The number of carbonyl (C=O) groups is 2. The fourth-order valence-electron chi connectivity index (χ4n) is 2.83. The second-order valence-corrected chi connectivity index (χ2v) is 6.31. The van der Waals surface area contributed by atoms with Gasteiger partial charge in [0, 0.05) is 32.9 Å². The van der Waals surface area contributed by atoms with Gasteiger partial charge in [-0.3, -0.25) is 9.69 Å². The van der Waals surface area contributed by atoms with Crippen molar-refractivity contribution in [3.63, 3.8) is 0 Å². The lowest BCUT2D eigenvalue weighted by Crippen LogP contribution is -2.32. The number of urea groups is 1. The summed E-state index contributed by atoms with van der Waals surface area (Å²) in [6.45, 7) is 0.622. The van der Waals surface area contributed by atoms with Gasteiger partial charge in [0.15, 0.2) is 0 Å². The minimum absolute atomic E-state index is 0.0965. The van der Waals surface area contributed by atoms with Crippen LogP contribution >= 0.6 is 0 Å². The van der Waals surface area contributed by atoms with Gasteiger partial charge in [-0.1, -0.05) is 30.3 Å². The van der Waals surface area contributed by atoms with Crippen molar-refractivity contribution in [2.75, 3.05) is 25.5 Å². The van der Waals surface area contributed by atoms with Crippen molar-refractivity contribution in [3.05, 3.63) is 77.6 Å². The van der Waals surface area contributed by atoms with Crippen LogP contribution in [0.5, 0.6) is 0 Å². The van der Waals surface area contributed by atoms with Gasteiger partial charge in [-0.25, -0.2) is 18.5 Å². The van der Waals surface area contributed by atoms with Crippen LogP contribution in [0.1, 0.15) is 5.56 Å². The molecule has 2 aromatic rings. The number of benzene rings is 2. The zero-order valence-electron chi connectivity index (χ0n) is 15.0. The summed E-state index contributed by atoms with van der Waals surface area (Å²) in [4.78, 5) is 28.7. The highest BCUT2D eigenvalue weighted by Crippen LogP contribution is 2.29. The number of carbonyl (C=O) groups excluding carboxylic acids is 2. The van der Waals surface area contributed by atoms with Crippen molar-refractivity contribution < 1.29 is 18.4 Å². The Hall–Kier alpha value is -3.22. The number of hydrogen-bond donors (Lipinski definition) is 0. The van der Waals surface area contributed by atoms with Crippen molar-refractivity contribution in [2.24, 2.45) is 0 Å². The molecule has 0 saturated carbocycles. The van der Waals surface area contributed by atoms with Gasteiger partial charge in [0.05, 0.1) is 5.69 Å². The van der Waals surface area contributed by atoms with E-state index in [-0.39, 0.29) is 5.70 Å². The number of hydrogen-bond acceptors (Lipinski definition) is 3. The molecule has 3 rings (SSSR count). The molecule has 1 saturated heterocycles. The van der Waals surface area contributed by atoms with Gasteiger partial charge in [-0.15, -0.1) is 0 Å². The Morgan fingerprint density at radius 3 is 2.48 bits per heavy atom. The van der Waals surface area contributed by atoms with E-state index < -0.39 is 29.3 Å². The Morgan fingerprint density at radius 2 is 1.78 bits per heavy atom. The third kappa shape index (κ3) is 3.81. The van der Waals surface area contributed by atoms with E-state index in [2.05, 4.69) is 0 Å². The highest BCUT2D eigenvalue weighted by Gasteiger charge is 2.41. The monoisotopic (exact) mass is 371 g/mol. The van der Waals surface area contributed by atoms with Crippen LogP contribution in [-0.2, 0) is 11.2 Å². The largest absolute Gasteiger partial charge is 0.378 e. The van der Waals surface area contributed by atoms with Gasteiger partial charge < -0.3 is 4.90 Å². The van der Waals surface area contributed by atoms with Crippen LogP contribution in [0.2, 0.25) is 0 Å². The normalized spacial score (nSPS) is 15.8. The number of amides is 3. The van der Waals surface area contributed by atoms with Crippen LogP contribution in [0.3, 0.4) is 0 Å². The molecule has 0 aliphatic carbocycles. The van der Waals surface area contributed by atoms with Crippen molar-refractivity contribution in [2.45, 2.75) is 6.42 Å². The van der Waals surface area contributed by atoms with Gasteiger partial charge in [0.1, 0.15) is 17.3 Å². The van der Waals surface area contributed by atoms with Crippen molar-refractivity contribution in [1.82, 2.24) is 9.80 Å². The summed E-state index contributed by atoms with van der Waals surface area (Å²) in [5, 5.41) is 0. The SMILES string of the molecule is CN(C=C1C(=O)N(c2cc(F)ccc2F)C(=O)N1C)CCc1ccccc1. The lowest BCUT2D eigenvalue weighted by Gasteiger charge is -2.16. The van der Waals surface area contributed by atoms with Gasteiger partial charge in [-0.2, -0.15) is 0 Å². The standard InChI is InChI=1S/C20H19F2N3O2/c1-23(11-10-14-6-4-3-5-7-14)13-18-19(26)25(20(27)24(18)2)17-12-15(21)8-9-16(17)22/h3-9,12-13H,10-11H2,1-2H3. The van der Waals surface area contributed by atoms with Crippen molar-refractivity contribution in [3.8, 4) is 0 Å². The van der Waals surface area contributed by atoms with E-state index in [0.29, 0.717) is 11.4 Å². The highest BCUT2D eigenvalue weighted by atomic mass is 19.1. The number of likely N-dealkylation sites (N-methyl/N-ethyl adjacent to an activating group) is 2. The fourth-order valence-corrected chi connectivity index (χ4v) is 2.83. The molecule has 7 heteroatoms. The molecule has 0 atom stereocenters. The average molecular weight is 371 g/mol. The summed E-state index contributed by atoms with van der Waals surface area (Å²) >= 11 is 0. The van der Waals surface area contributed by atoms with Gasteiger partial charge in [-0.05, 0) is 24.1 Å². The van der Waals surface area contributed by atoms with Crippen LogP contribution in [0.15, 0.2) is 60.4 Å². The van der Waals surface area contributed by atoms with Gasteiger partial charge >= 0.3 is 6.03 Å². The van der Waals surface area contributed by atoms with Crippen LogP contribution in [-0.4, -0.2) is 42.4 Å². The zero-order chi connectivity index (χ0) is 19.6. The van der Waals surface area contributed by atoms with Crippen molar-refractivity contribution >= 4 is 17.6 Å². The predicted octanol–water partition coefficient (Wildman–Crippen LogP) is 3.38. The summed E-state index contributed by atoms with van der Waals surface area (Å²) in [5.41, 5.74) is 0.847. The number of imide groups is 1. The first-order chi connectivity index (χ1) is 12.9. The summed E-state index contributed by atoms with van der Waals surface area (Å²) in [7, 11) is 3.21. The van der Waals surface area contributed by atoms with Crippen LogP contribution in [0.4, 0.5) is 19.3 Å². The quantitative estimate of drug-likeness (QED) is 0.598. The molecule has 2 aromatic carbocycles. The summed E-state index contributed by atoms with van der Waals surface area (Å²) in [6, 6.07) is 11.8. The molecule has 140 valence electrons. The fraction of sp³-hybridized carbons (Fsp3) is 0.200. The third-order valence-corrected chi connectivity index (χ3v) is 4.35. The molecule has 0 N–H and O–H groups in total. The van der Waals surface area contributed by atoms with E-state index in [1.165, 1.54) is 7.05 Å². The van der Waals surface area contributed by atoms with E-state index in [1.807, 2.05) is 30.3 Å². The second-order valence-electron chi connectivity index (χ2n) is 6.31. The molecular weight excluding hydrogens is 352 g/mol. The van der Waals surface area contributed by atoms with E-state index in [9.17, 15) is 18.4 Å². The first-order valence-electron chi connectivity index (χ1n) is 8.41. The molecule has 0 radical (unpaired) electrons. The molecule has 0 aromatic heterocycles. The highest BCUT2D eigenvalue weighted by molar-refractivity contribution is 6.26. The van der Waals surface area contributed by atoms with Crippen molar-refractivity contribution in [1.29, 1.82) is 0 Å². The number of anilines is 1. The molecule has 0 unspecified atom stereocenters. The average Bonchev–Trinajstić information content (AvgIpc) is 2.86.